The Labute approximate surface area is 175 Å². The summed E-state index contributed by atoms with van der Waals surface area (Å²) in [6.07, 6.45) is 9.36. The van der Waals surface area contributed by atoms with Crippen LogP contribution in [-0.4, -0.2) is 27.3 Å². The molecule has 1 saturated carbocycles. The Morgan fingerprint density at radius 2 is 1.97 bits per heavy atom. The lowest BCUT2D eigenvalue weighted by Gasteiger charge is -2.22. The van der Waals surface area contributed by atoms with Gasteiger partial charge in [0.15, 0.2) is 11.6 Å². The maximum Gasteiger partial charge on any atom is 0.227 e. The monoisotopic (exact) mass is 406 g/mol. The Bertz CT molecular complexity index is 1070. The highest BCUT2D eigenvalue weighted by atomic mass is 16.5. The predicted molar refractivity (Wildman–Crippen MR) is 116 cm³/mol. The lowest BCUT2D eigenvalue weighted by atomic mass is 9.90. The number of ether oxygens (including phenoxy) is 1. The van der Waals surface area contributed by atoms with Crippen LogP contribution in [-0.2, 0) is 11.3 Å². The number of nitrogens with zero attached hydrogens (tertiary/aromatic N) is 3. The summed E-state index contributed by atoms with van der Waals surface area (Å²) >= 11 is 0. The van der Waals surface area contributed by atoms with E-state index in [1.807, 2.05) is 30.3 Å². The van der Waals surface area contributed by atoms with E-state index in [1.54, 1.807) is 16.9 Å². The van der Waals surface area contributed by atoms with Gasteiger partial charge < -0.3 is 10.1 Å². The summed E-state index contributed by atoms with van der Waals surface area (Å²) in [5.74, 6) is 1.43. The largest absolute Gasteiger partial charge is 0.489 e. The minimum absolute atomic E-state index is 0.125. The van der Waals surface area contributed by atoms with Crippen LogP contribution in [0.3, 0.4) is 0 Å². The number of para-hydroxylation sites is 1. The van der Waals surface area contributed by atoms with Crippen LogP contribution in [0.5, 0.6) is 5.75 Å². The molecule has 1 N–H and O–H groups in total. The third kappa shape index (κ3) is 4.84. The van der Waals surface area contributed by atoms with Crippen molar-refractivity contribution in [3.8, 4) is 5.75 Å². The Hall–Kier alpha value is -3.22. The van der Waals surface area contributed by atoms with Crippen molar-refractivity contribution in [2.24, 2.45) is 5.92 Å². The molecule has 0 unspecified atom stereocenters. The number of anilines is 1. The van der Waals surface area contributed by atoms with Crippen molar-refractivity contribution in [2.75, 3.05) is 11.9 Å². The second-order valence-electron chi connectivity index (χ2n) is 7.71. The number of amides is 1. The third-order valence-electron chi connectivity index (χ3n) is 5.54. The highest BCUT2D eigenvalue weighted by molar-refractivity contribution is 5.91. The molecule has 0 saturated heterocycles. The SMILES string of the molecule is O=C(CCn1ncc(=O)c2ccccc21)Nc1ncccc1OCC1CCCCC1. The molecule has 0 bridgehead atoms. The zero-order valence-corrected chi connectivity index (χ0v) is 16.9. The van der Waals surface area contributed by atoms with Crippen LogP contribution < -0.4 is 15.5 Å². The molecular weight excluding hydrogens is 380 g/mol. The Kier molecular flexibility index (Phi) is 6.37. The summed E-state index contributed by atoms with van der Waals surface area (Å²) in [6, 6.07) is 10.9. The van der Waals surface area contributed by atoms with Crippen molar-refractivity contribution in [2.45, 2.75) is 45.1 Å². The first-order chi connectivity index (χ1) is 14.7. The van der Waals surface area contributed by atoms with Gasteiger partial charge in [0.25, 0.3) is 0 Å². The second-order valence-corrected chi connectivity index (χ2v) is 7.71. The number of aromatic nitrogens is 3. The van der Waals surface area contributed by atoms with Gasteiger partial charge in [-0.15, -0.1) is 0 Å². The summed E-state index contributed by atoms with van der Waals surface area (Å²) in [4.78, 5) is 28.8. The predicted octanol–water partition coefficient (Wildman–Crippen LogP) is 3.78. The van der Waals surface area contributed by atoms with Gasteiger partial charge in [-0.2, -0.15) is 5.10 Å². The topological polar surface area (TPSA) is 86.1 Å². The van der Waals surface area contributed by atoms with E-state index in [-0.39, 0.29) is 17.8 Å². The summed E-state index contributed by atoms with van der Waals surface area (Å²) in [5, 5.41) is 7.61. The number of aryl methyl sites for hydroxylation is 1. The second kappa shape index (κ2) is 9.52. The number of nitrogens with one attached hydrogen (secondary N) is 1. The number of hydrogen-bond acceptors (Lipinski definition) is 5. The van der Waals surface area contributed by atoms with Gasteiger partial charge >= 0.3 is 0 Å². The molecule has 2 heterocycles. The van der Waals surface area contributed by atoms with Crippen molar-refractivity contribution >= 4 is 22.6 Å². The van der Waals surface area contributed by atoms with Crippen LogP contribution in [0.15, 0.2) is 53.6 Å². The zero-order valence-electron chi connectivity index (χ0n) is 16.9. The van der Waals surface area contributed by atoms with E-state index in [4.69, 9.17) is 4.74 Å². The molecule has 7 nitrogen and oxygen atoms in total. The van der Waals surface area contributed by atoms with Gasteiger partial charge in [0, 0.05) is 18.0 Å². The maximum atomic E-state index is 12.5. The Morgan fingerprint density at radius 3 is 2.83 bits per heavy atom. The van der Waals surface area contributed by atoms with E-state index in [2.05, 4.69) is 15.4 Å². The van der Waals surface area contributed by atoms with Crippen molar-refractivity contribution in [1.29, 1.82) is 0 Å². The standard InChI is InChI=1S/C23H26N4O3/c28-20-15-25-27(19-10-5-4-9-18(19)20)14-12-22(29)26-23-21(11-6-13-24-23)30-16-17-7-2-1-3-8-17/h4-6,9-11,13,15,17H,1-3,7-8,12,14,16H2,(H,24,26,29). The third-order valence-corrected chi connectivity index (χ3v) is 5.54. The molecular formula is C23H26N4O3. The average molecular weight is 406 g/mol. The summed E-state index contributed by atoms with van der Waals surface area (Å²) in [6.45, 7) is 1.01. The lowest BCUT2D eigenvalue weighted by Crippen LogP contribution is -2.19. The molecule has 156 valence electrons. The van der Waals surface area contributed by atoms with Crippen molar-refractivity contribution in [1.82, 2.24) is 14.8 Å². The molecule has 4 rings (SSSR count). The minimum atomic E-state index is -0.180. The first kappa shape index (κ1) is 20.1. The van der Waals surface area contributed by atoms with Crippen molar-refractivity contribution in [3.63, 3.8) is 0 Å². The lowest BCUT2D eigenvalue weighted by molar-refractivity contribution is -0.116. The fraction of sp³-hybridized carbons (Fsp3) is 0.391. The number of hydrogen-bond donors (Lipinski definition) is 1. The van der Waals surface area contributed by atoms with E-state index < -0.39 is 0 Å². The van der Waals surface area contributed by atoms with Gasteiger partial charge in [0.05, 0.1) is 24.9 Å². The smallest absolute Gasteiger partial charge is 0.227 e. The highest BCUT2D eigenvalue weighted by Crippen LogP contribution is 2.27. The van der Waals surface area contributed by atoms with Crippen LogP contribution in [0.1, 0.15) is 38.5 Å². The molecule has 1 amide bonds. The molecule has 1 aliphatic rings. The first-order valence-electron chi connectivity index (χ1n) is 10.5. The fourth-order valence-electron chi connectivity index (χ4n) is 3.90. The zero-order chi connectivity index (χ0) is 20.8. The van der Waals surface area contributed by atoms with E-state index in [0.717, 1.165) is 0 Å². The molecule has 0 atom stereocenters. The number of benzene rings is 1. The summed E-state index contributed by atoms with van der Waals surface area (Å²) in [5.41, 5.74) is 0.590. The molecule has 0 radical (unpaired) electrons. The molecule has 0 aliphatic heterocycles. The highest BCUT2D eigenvalue weighted by Gasteiger charge is 2.16. The van der Waals surface area contributed by atoms with Gasteiger partial charge in [-0.25, -0.2) is 4.98 Å². The minimum Gasteiger partial charge on any atom is -0.489 e. The molecule has 0 spiro atoms. The normalized spacial score (nSPS) is 14.5. The number of carbonyl (C=O) groups excluding carboxylic acids is 1. The van der Waals surface area contributed by atoms with Crippen LogP contribution in [0, 0.1) is 5.92 Å². The van der Waals surface area contributed by atoms with Crippen LogP contribution >= 0.6 is 0 Å². The molecule has 30 heavy (non-hydrogen) atoms. The molecule has 1 aliphatic carbocycles. The Balaban J connectivity index is 1.38. The molecule has 2 aromatic heterocycles. The van der Waals surface area contributed by atoms with E-state index in [9.17, 15) is 9.59 Å². The van der Waals surface area contributed by atoms with Gasteiger partial charge in [0.2, 0.25) is 11.3 Å². The van der Waals surface area contributed by atoms with Crippen LogP contribution in [0.4, 0.5) is 5.82 Å². The van der Waals surface area contributed by atoms with Crippen LogP contribution in [0.25, 0.3) is 10.9 Å². The maximum absolute atomic E-state index is 12.5. The number of rotatable bonds is 7. The van der Waals surface area contributed by atoms with Crippen LogP contribution in [0.2, 0.25) is 0 Å². The van der Waals surface area contributed by atoms with E-state index in [1.165, 1.54) is 38.3 Å². The van der Waals surface area contributed by atoms with Gasteiger partial charge in [0.1, 0.15) is 0 Å². The van der Waals surface area contributed by atoms with E-state index >= 15 is 0 Å². The molecule has 1 aromatic carbocycles. The number of carbonyl (C=O) groups is 1. The van der Waals surface area contributed by atoms with Gasteiger partial charge in [-0.1, -0.05) is 31.4 Å². The quantitative estimate of drug-likeness (QED) is 0.645. The number of pyridine rings is 1. The first-order valence-corrected chi connectivity index (χ1v) is 10.5. The van der Waals surface area contributed by atoms with Gasteiger partial charge in [-0.3, -0.25) is 14.3 Å². The molecule has 1 fully saturated rings. The van der Waals surface area contributed by atoms with E-state index in [0.29, 0.717) is 41.5 Å². The Morgan fingerprint density at radius 1 is 1.13 bits per heavy atom. The van der Waals surface area contributed by atoms with Gasteiger partial charge in [-0.05, 0) is 43.0 Å². The van der Waals surface area contributed by atoms with Crippen molar-refractivity contribution in [3.05, 3.63) is 59.0 Å². The molecule has 7 heteroatoms. The summed E-state index contributed by atoms with van der Waals surface area (Å²) in [7, 11) is 0. The number of fused-ring (bicyclic) bond motifs is 1. The average Bonchev–Trinajstić information content (AvgIpc) is 2.79. The van der Waals surface area contributed by atoms with Crippen molar-refractivity contribution < 1.29 is 9.53 Å². The fourth-order valence-corrected chi connectivity index (χ4v) is 3.90. The summed E-state index contributed by atoms with van der Waals surface area (Å²) < 4.78 is 7.66. The molecule has 3 aromatic rings.